The summed E-state index contributed by atoms with van der Waals surface area (Å²) in [5, 5.41) is 13.3. The van der Waals surface area contributed by atoms with Gasteiger partial charge < -0.3 is 14.8 Å². The number of hydrogen-bond acceptors (Lipinski definition) is 4. The zero-order valence-corrected chi connectivity index (χ0v) is 12.3. The number of aromatic hydroxyl groups is 1. The van der Waals surface area contributed by atoms with E-state index < -0.39 is 0 Å². The molecular weight excluding hydrogens is 252 g/mol. The first-order valence-corrected chi connectivity index (χ1v) is 8.06. The molecule has 4 fully saturated rings. The van der Waals surface area contributed by atoms with Crippen molar-refractivity contribution in [1.82, 2.24) is 4.98 Å². The highest BCUT2D eigenvalue weighted by molar-refractivity contribution is 5.32. The first-order valence-electron chi connectivity index (χ1n) is 8.06. The fraction of sp³-hybridized carbons (Fsp3) is 0.812. The van der Waals surface area contributed by atoms with Gasteiger partial charge in [0.1, 0.15) is 0 Å². The molecule has 4 heteroatoms. The minimum Gasteiger partial charge on any atom is -0.491 e. The predicted octanol–water partition coefficient (Wildman–Crippen LogP) is 3.74. The molecule has 2 N–H and O–H groups in total. The third-order valence-corrected chi connectivity index (χ3v) is 5.68. The van der Waals surface area contributed by atoms with E-state index >= 15 is 0 Å². The van der Waals surface area contributed by atoms with Crippen LogP contribution in [0.3, 0.4) is 0 Å². The van der Waals surface area contributed by atoms with E-state index in [2.05, 4.69) is 10.3 Å². The molecule has 0 aromatic carbocycles. The summed E-state index contributed by atoms with van der Waals surface area (Å²) in [6.07, 6.45) is 6.95. The van der Waals surface area contributed by atoms with Crippen LogP contribution in [0.4, 0.5) is 6.01 Å². The standard InChI is InChI=1S/C16H24N2O2/c1-8(2)14-15(19)18-16(20-14)17-13-11-4-9-3-10(6-11)7-12(13)5-9/h8-13,19H,3-7H2,1-2H3,(H,17,18). The van der Waals surface area contributed by atoms with Crippen LogP contribution in [-0.4, -0.2) is 16.1 Å². The van der Waals surface area contributed by atoms with Gasteiger partial charge in [0.2, 0.25) is 0 Å². The highest BCUT2D eigenvalue weighted by Gasteiger charge is 2.48. The Morgan fingerprint density at radius 3 is 2.20 bits per heavy atom. The molecule has 0 unspecified atom stereocenters. The van der Waals surface area contributed by atoms with Crippen molar-refractivity contribution in [3.63, 3.8) is 0 Å². The summed E-state index contributed by atoms with van der Waals surface area (Å²) in [4.78, 5) is 4.16. The van der Waals surface area contributed by atoms with E-state index in [1.54, 1.807) is 0 Å². The Labute approximate surface area is 120 Å². The molecule has 0 saturated heterocycles. The number of hydrogen-bond donors (Lipinski definition) is 2. The van der Waals surface area contributed by atoms with Crippen LogP contribution in [0.1, 0.15) is 57.6 Å². The molecule has 0 spiro atoms. The number of nitrogens with one attached hydrogen (secondary N) is 1. The topological polar surface area (TPSA) is 58.3 Å². The van der Waals surface area contributed by atoms with Crippen molar-refractivity contribution in [2.45, 2.75) is 57.9 Å². The fourth-order valence-corrected chi connectivity index (χ4v) is 5.07. The molecule has 4 nitrogen and oxygen atoms in total. The van der Waals surface area contributed by atoms with E-state index in [1.165, 1.54) is 32.1 Å². The smallest absolute Gasteiger partial charge is 0.298 e. The summed E-state index contributed by atoms with van der Waals surface area (Å²) >= 11 is 0. The molecule has 4 bridgehead atoms. The molecule has 110 valence electrons. The molecule has 1 aromatic heterocycles. The lowest BCUT2D eigenvalue weighted by molar-refractivity contribution is 0.00674. The molecular formula is C16H24N2O2. The molecule has 1 aromatic rings. The van der Waals surface area contributed by atoms with Crippen molar-refractivity contribution >= 4 is 6.01 Å². The van der Waals surface area contributed by atoms with Gasteiger partial charge in [0, 0.05) is 12.0 Å². The van der Waals surface area contributed by atoms with Gasteiger partial charge in [0.15, 0.2) is 5.76 Å². The summed E-state index contributed by atoms with van der Waals surface area (Å²) in [7, 11) is 0. The molecule has 0 atom stereocenters. The number of rotatable bonds is 3. The van der Waals surface area contributed by atoms with Crippen molar-refractivity contribution in [3.8, 4) is 5.88 Å². The second-order valence-electron chi connectivity index (χ2n) is 7.46. The maximum Gasteiger partial charge on any atom is 0.298 e. The van der Waals surface area contributed by atoms with Crippen molar-refractivity contribution in [2.75, 3.05) is 5.32 Å². The Balaban J connectivity index is 1.53. The average molecular weight is 276 g/mol. The molecule has 4 aliphatic rings. The SMILES string of the molecule is CC(C)c1oc(NC2C3CC4CC(C3)CC2C4)nc1O. The van der Waals surface area contributed by atoms with E-state index in [1.807, 2.05) is 13.8 Å². The maximum absolute atomic E-state index is 9.84. The van der Waals surface area contributed by atoms with Crippen molar-refractivity contribution in [2.24, 2.45) is 23.7 Å². The van der Waals surface area contributed by atoms with Crippen LogP contribution in [0.25, 0.3) is 0 Å². The summed E-state index contributed by atoms with van der Waals surface area (Å²) in [5.74, 6) is 4.31. The Morgan fingerprint density at radius 1 is 1.10 bits per heavy atom. The molecule has 20 heavy (non-hydrogen) atoms. The van der Waals surface area contributed by atoms with Gasteiger partial charge in [-0.15, -0.1) is 0 Å². The molecule has 0 amide bonds. The first kappa shape index (κ1) is 12.5. The van der Waals surface area contributed by atoms with Gasteiger partial charge in [-0.05, 0) is 55.8 Å². The van der Waals surface area contributed by atoms with Crippen molar-refractivity contribution < 1.29 is 9.52 Å². The van der Waals surface area contributed by atoms with Gasteiger partial charge in [-0.2, -0.15) is 4.98 Å². The quantitative estimate of drug-likeness (QED) is 0.883. The summed E-state index contributed by atoms with van der Waals surface area (Å²) < 4.78 is 5.71. The van der Waals surface area contributed by atoms with Crippen LogP contribution in [0.5, 0.6) is 5.88 Å². The summed E-state index contributed by atoms with van der Waals surface area (Å²) in [6, 6.07) is 1.02. The second-order valence-corrected chi connectivity index (χ2v) is 7.46. The Kier molecular flexibility index (Phi) is 2.76. The summed E-state index contributed by atoms with van der Waals surface area (Å²) in [5.41, 5.74) is 0. The number of oxazole rings is 1. The van der Waals surface area contributed by atoms with Crippen LogP contribution < -0.4 is 5.32 Å². The van der Waals surface area contributed by atoms with Crippen molar-refractivity contribution in [1.29, 1.82) is 0 Å². The van der Waals surface area contributed by atoms with E-state index in [-0.39, 0.29) is 11.8 Å². The normalized spacial score (nSPS) is 38.6. The molecule has 4 saturated carbocycles. The monoisotopic (exact) mass is 276 g/mol. The Hall–Kier alpha value is -1.19. The van der Waals surface area contributed by atoms with Crippen LogP contribution in [0, 0.1) is 23.7 Å². The van der Waals surface area contributed by atoms with E-state index in [4.69, 9.17) is 4.42 Å². The highest BCUT2D eigenvalue weighted by atomic mass is 16.4. The predicted molar refractivity (Wildman–Crippen MR) is 76.7 cm³/mol. The molecule has 5 rings (SSSR count). The Morgan fingerprint density at radius 2 is 1.70 bits per heavy atom. The number of aromatic nitrogens is 1. The van der Waals surface area contributed by atoms with E-state index in [9.17, 15) is 5.11 Å². The van der Waals surface area contributed by atoms with Gasteiger partial charge in [0.25, 0.3) is 11.9 Å². The minimum absolute atomic E-state index is 0.0475. The first-order chi connectivity index (χ1) is 9.60. The van der Waals surface area contributed by atoms with Gasteiger partial charge in [-0.25, -0.2) is 0 Å². The van der Waals surface area contributed by atoms with Crippen LogP contribution >= 0.6 is 0 Å². The largest absolute Gasteiger partial charge is 0.491 e. The lowest BCUT2D eigenvalue weighted by Gasteiger charge is -2.54. The minimum atomic E-state index is 0.0475. The van der Waals surface area contributed by atoms with Crippen LogP contribution in [-0.2, 0) is 0 Å². The number of nitrogens with zero attached hydrogens (tertiary/aromatic N) is 1. The van der Waals surface area contributed by atoms with Crippen LogP contribution in [0.2, 0.25) is 0 Å². The lowest BCUT2D eigenvalue weighted by atomic mass is 9.54. The average Bonchev–Trinajstić information content (AvgIpc) is 2.74. The third kappa shape index (κ3) is 1.92. The molecule has 1 heterocycles. The highest BCUT2D eigenvalue weighted by Crippen LogP contribution is 2.54. The van der Waals surface area contributed by atoms with E-state index in [0.29, 0.717) is 17.8 Å². The van der Waals surface area contributed by atoms with Gasteiger partial charge in [0.05, 0.1) is 0 Å². The molecule has 4 aliphatic carbocycles. The number of anilines is 1. The van der Waals surface area contributed by atoms with Gasteiger partial charge in [-0.3, -0.25) is 0 Å². The summed E-state index contributed by atoms with van der Waals surface area (Å²) in [6.45, 7) is 4.01. The van der Waals surface area contributed by atoms with Crippen molar-refractivity contribution in [3.05, 3.63) is 5.76 Å². The van der Waals surface area contributed by atoms with Gasteiger partial charge in [-0.1, -0.05) is 13.8 Å². The third-order valence-electron chi connectivity index (χ3n) is 5.68. The molecule has 0 radical (unpaired) electrons. The zero-order chi connectivity index (χ0) is 13.9. The molecule has 0 aliphatic heterocycles. The lowest BCUT2D eigenvalue weighted by Crippen LogP contribution is -2.51. The zero-order valence-electron chi connectivity index (χ0n) is 12.3. The second kappa shape index (κ2) is 4.40. The maximum atomic E-state index is 9.84. The van der Waals surface area contributed by atoms with E-state index in [0.717, 1.165) is 23.7 Å². The van der Waals surface area contributed by atoms with Gasteiger partial charge >= 0.3 is 0 Å². The Bertz CT molecular complexity index is 481. The van der Waals surface area contributed by atoms with Crippen LogP contribution in [0.15, 0.2) is 4.42 Å². The fourth-order valence-electron chi connectivity index (χ4n) is 5.07.